The number of benzene rings is 2. The first kappa shape index (κ1) is 27.0. The summed E-state index contributed by atoms with van der Waals surface area (Å²) in [6, 6.07) is 11.3. The summed E-state index contributed by atoms with van der Waals surface area (Å²) in [5.74, 6) is -3.22. The molecular formula is C28H28N4O8. The molecule has 0 atom stereocenters. The van der Waals surface area contributed by atoms with Gasteiger partial charge in [-0.1, -0.05) is 41.8 Å². The van der Waals surface area contributed by atoms with Crippen LogP contribution in [-0.4, -0.2) is 54.7 Å². The van der Waals surface area contributed by atoms with E-state index in [1.165, 1.54) is 25.3 Å². The molecule has 12 nitrogen and oxygen atoms in total. The highest BCUT2D eigenvalue weighted by Gasteiger charge is 2.49. The second kappa shape index (κ2) is 11.2. The molecule has 1 aliphatic carbocycles. The minimum atomic E-state index is -2.54. The van der Waals surface area contributed by atoms with Crippen LogP contribution in [0.25, 0.3) is 21.9 Å². The van der Waals surface area contributed by atoms with Crippen molar-refractivity contribution < 1.29 is 33.9 Å². The molecule has 12 heteroatoms. The van der Waals surface area contributed by atoms with Gasteiger partial charge in [-0.05, 0) is 49.4 Å². The Hall–Kier alpha value is -4.61. The van der Waals surface area contributed by atoms with Crippen molar-refractivity contribution in [1.29, 1.82) is 0 Å². The molecule has 1 saturated carbocycles. The number of ether oxygens (including phenoxy) is 1. The fraction of sp³-hybridized carbons (Fsp3) is 0.393. The molecule has 0 saturated heterocycles. The average molecular weight is 549 g/mol. The number of ketones is 1. The topological polar surface area (TPSA) is 175 Å². The number of carbonyl (C=O) groups is 3. The first-order valence-electron chi connectivity index (χ1n) is 13.1. The Kier molecular flexibility index (Phi) is 7.58. The number of hydrogen-bond acceptors (Lipinski definition) is 9. The van der Waals surface area contributed by atoms with Crippen LogP contribution in [-0.2, 0) is 16.1 Å². The van der Waals surface area contributed by atoms with E-state index in [9.17, 15) is 29.4 Å². The quantitative estimate of drug-likeness (QED) is 0.206. The molecule has 2 heterocycles. The van der Waals surface area contributed by atoms with Gasteiger partial charge in [-0.25, -0.2) is 4.68 Å². The summed E-state index contributed by atoms with van der Waals surface area (Å²) in [6.45, 7) is 0.194. The third-order valence-electron chi connectivity index (χ3n) is 7.58. The summed E-state index contributed by atoms with van der Waals surface area (Å²) >= 11 is 0. The van der Waals surface area contributed by atoms with Crippen LogP contribution in [0.15, 0.2) is 51.8 Å². The lowest BCUT2D eigenvalue weighted by Gasteiger charge is -2.23. The molecule has 2 aromatic heterocycles. The van der Waals surface area contributed by atoms with Crippen LogP contribution < -0.4 is 10.3 Å². The molecule has 1 aliphatic rings. The second-order valence-electron chi connectivity index (χ2n) is 10.2. The van der Waals surface area contributed by atoms with Gasteiger partial charge in [0.05, 0.1) is 17.4 Å². The number of aryl methyl sites for hydroxylation is 1. The lowest BCUT2D eigenvalue weighted by Crippen LogP contribution is -2.43. The van der Waals surface area contributed by atoms with Crippen LogP contribution >= 0.6 is 0 Å². The molecule has 208 valence electrons. The van der Waals surface area contributed by atoms with E-state index >= 15 is 0 Å². The summed E-state index contributed by atoms with van der Waals surface area (Å²) in [7, 11) is 0. The van der Waals surface area contributed by atoms with E-state index < -0.39 is 41.5 Å². The molecule has 2 aromatic carbocycles. The van der Waals surface area contributed by atoms with Gasteiger partial charge in [0.15, 0.2) is 22.5 Å². The van der Waals surface area contributed by atoms with Crippen LogP contribution in [0.3, 0.4) is 0 Å². The SMILES string of the molecule is O=C(CC(CCn1nnc2ccccc2c1=O)(C(=O)O)C(=O)O)c1noc2cc(OCC3CCCCC3)ccc12. The Bertz CT molecular complexity index is 1620. The Labute approximate surface area is 227 Å². The van der Waals surface area contributed by atoms with Crippen molar-refractivity contribution in [2.75, 3.05) is 6.61 Å². The Morgan fingerprint density at radius 3 is 2.52 bits per heavy atom. The maximum atomic E-state index is 13.2. The molecule has 40 heavy (non-hydrogen) atoms. The van der Waals surface area contributed by atoms with Crippen molar-refractivity contribution in [3.05, 3.63) is 58.5 Å². The zero-order valence-electron chi connectivity index (χ0n) is 21.6. The van der Waals surface area contributed by atoms with Gasteiger partial charge in [0.25, 0.3) is 5.56 Å². The summed E-state index contributed by atoms with van der Waals surface area (Å²) in [5, 5.41) is 32.0. The lowest BCUT2D eigenvalue weighted by molar-refractivity contribution is -0.165. The summed E-state index contributed by atoms with van der Waals surface area (Å²) in [5.41, 5.74) is -2.66. The number of carboxylic acid groups (broad SMARTS) is 2. The Morgan fingerprint density at radius 2 is 1.77 bits per heavy atom. The highest BCUT2D eigenvalue weighted by atomic mass is 16.5. The largest absolute Gasteiger partial charge is 0.493 e. The van der Waals surface area contributed by atoms with Gasteiger partial charge in [0.2, 0.25) is 0 Å². The van der Waals surface area contributed by atoms with Gasteiger partial charge < -0.3 is 19.5 Å². The standard InChI is InChI=1S/C28H28N4O8/c33-22(24-20-11-10-18(14-23(20)40-30-24)39-16-17-6-2-1-3-7-17)15-28(26(35)36,27(37)38)12-13-32-25(34)19-8-4-5-9-21(19)29-31-32/h4-5,8-11,14,17H,1-3,6-7,12-13,15-16H2,(H,35,36)(H,37,38). The van der Waals surface area contributed by atoms with Gasteiger partial charge >= 0.3 is 11.9 Å². The molecule has 1 fully saturated rings. The van der Waals surface area contributed by atoms with Gasteiger partial charge in [0.1, 0.15) is 11.3 Å². The zero-order valence-corrected chi connectivity index (χ0v) is 21.6. The van der Waals surface area contributed by atoms with Gasteiger partial charge in [-0.2, -0.15) is 0 Å². The Morgan fingerprint density at radius 1 is 1.02 bits per heavy atom. The van der Waals surface area contributed by atoms with Crippen LogP contribution in [0.1, 0.15) is 55.4 Å². The molecule has 5 rings (SSSR count). The van der Waals surface area contributed by atoms with E-state index in [0.717, 1.165) is 17.5 Å². The molecule has 0 bridgehead atoms. The highest BCUT2D eigenvalue weighted by molar-refractivity contribution is 6.10. The van der Waals surface area contributed by atoms with Crippen LogP contribution in [0.5, 0.6) is 5.75 Å². The number of hydrogen-bond donors (Lipinski definition) is 2. The van der Waals surface area contributed by atoms with Crippen LogP contribution in [0.2, 0.25) is 0 Å². The van der Waals surface area contributed by atoms with Crippen molar-refractivity contribution in [1.82, 2.24) is 20.2 Å². The first-order chi connectivity index (χ1) is 19.3. The summed E-state index contributed by atoms with van der Waals surface area (Å²) in [6.07, 6.45) is 4.39. The number of fused-ring (bicyclic) bond motifs is 2. The first-order valence-corrected chi connectivity index (χ1v) is 13.1. The van der Waals surface area contributed by atoms with E-state index in [0.29, 0.717) is 29.2 Å². The minimum Gasteiger partial charge on any atom is -0.493 e. The summed E-state index contributed by atoms with van der Waals surface area (Å²) < 4.78 is 12.1. The molecule has 0 unspecified atom stereocenters. The molecule has 2 N–H and O–H groups in total. The average Bonchev–Trinajstić information content (AvgIpc) is 3.39. The number of carboxylic acids is 2. The van der Waals surface area contributed by atoms with Gasteiger partial charge in [-0.3, -0.25) is 19.2 Å². The van der Waals surface area contributed by atoms with Crippen molar-refractivity contribution in [2.45, 2.75) is 51.5 Å². The third kappa shape index (κ3) is 5.29. The smallest absolute Gasteiger partial charge is 0.321 e. The normalized spacial score (nSPS) is 14.4. The number of aliphatic carboxylic acids is 2. The molecule has 0 spiro atoms. The fourth-order valence-corrected chi connectivity index (χ4v) is 5.15. The van der Waals surface area contributed by atoms with Crippen molar-refractivity contribution in [3.8, 4) is 5.75 Å². The summed E-state index contributed by atoms with van der Waals surface area (Å²) in [4.78, 5) is 50.6. The molecule has 0 aliphatic heterocycles. The third-order valence-corrected chi connectivity index (χ3v) is 7.58. The van der Waals surface area contributed by atoms with E-state index in [4.69, 9.17) is 9.26 Å². The van der Waals surface area contributed by atoms with Crippen molar-refractivity contribution in [3.63, 3.8) is 0 Å². The van der Waals surface area contributed by atoms with Crippen LogP contribution in [0.4, 0.5) is 0 Å². The van der Waals surface area contributed by atoms with E-state index in [1.807, 2.05) is 0 Å². The lowest BCUT2D eigenvalue weighted by atomic mass is 9.79. The van der Waals surface area contributed by atoms with Gasteiger partial charge in [0, 0.05) is 19.0 Å². The predicted octanol–water partition coefficient (Wildman–Crippen LogP) is 3.71. The number of aromatic nitrogens is 4. The predicted molar refractivity (Wildman–Crippen MR) is 141 cm³/mol. The monoisotopic (exact) mass is 548 g/mol. The molecule has 0 radical (unpaired) electrons. The second-order valence-corrected chi connectivity index (χ2v) is 10.2. The number of nitrogens with zero attached hydrogens (tertiary/aromatic N) is 4. The number of carbonyl (C=O) groups excluding carboxylic acids is 1. The van der Waals surface area contributed by atoms with E-state index in [2.05, 4.69) is 15.5 Å². The van der Waals surface area contributed by atoms with E-state index in [-0.39, 0.29) is 23.2 Å². The zero-order chi connectivity index (χ0) is 28.3. The number of rotatable bonds is 11. The Balaban J connectivity index is 1.34. The number of Topliss-reactive ketones (excluding diaryl/α,β-unsaturated/α-hetero) is 1. The minimum absolute atomic E-state index is 0.177. The van der Waals surface area contributed by atoms with E-state index in [1.54, 1.807) is 36.4 Å². The molecule has 0 amide bonds. The maximum absolute atomic E-state index is 13.2. The highest BCUT2D eigenvalue weighted by Crippen LogP contribution is 2.33. The molecule has 4 aromatic rings. The van der Waals surface area contributed by atoms with Crippen molar-refractivity contribution in [2.24, 2.45) is 11.3 Å². The van der Waals surface area contributed by atoms with Crippen molar-refractivity contribution >= 4 is 39.6 Å². The molecular weight excluding hydrogens is 520 g/mol. The fourth-order valence-electron chi connectivity index (χ4n) is 5.15. The van der Waals surface area contributed by atoms with Crippen LogP contribution in [0, 0.1) is 11.3 Å². The van der Waals surface area contributed by atoms with Gasteiger partial charge in [-0.15, -0.1) is 5.10 Å². The maximum Gasteiger partial charge on any atom is 0.321 e.